The zero-order valence-corrected chi connectivity index (χ0v) is 7.32. The summed E-state index contributed by atoms with van der Waals surface area (Å²) in [6.07, 6.45) is 5.79. The molecule has 0 bridgehead atoms. The van der Waals surface area contributed by atoms with Crippen LogP contribution in [0, 0.1) is 19.3 Å². The van der Waals surface area contributed by atoms with Crippen LogP contribution < -0.4 is 5.73 Å². The lowest BCUT2D eigenvalue weighted by molar-refractivity contribution is 0.766. The molecule has 0 aliphatic carbocycles. The second-order valence-corrected chi connectivity index (χ2v) is 3.43. The van der Waals surface area contributed by atoms with Gasteiger partial charge in [0.25, 0.3) is 0 Å². The minimum absolute atomic E-state index is 0.0278. The highest BCUT2D eigenvalue weighted by Crippen LogP contribution is 2.23. The van der Waals surface area contributed by atoms with Crippen molar-refractivity contribution >= 4 is 11.3 Å². The largest absolute Gasteiger partial charge is 0.322 e. The lowest BCUT2D eigenvalue weighted by atomic mass is 10.1. The molecule has 0 amide bonds. The van der Waals surface area contributed by atoms with Crippen molar-refractivity contribution in [2.75, 3.05) is 0 Å². The van der Waals surface area contributed by atoms with Crippen LogP contribution in [-0.2, 0) is 0 Å². The molecule has 1 aromatic heterocycles. The smallest absolute Gasteiger partial charge is 0.0503 e. The second-order valence-electron chi connectivity index (χ2n) is 2.48. The molecule has 1 unspecified atom stereocenters. The number of hydrogen-bond donors (Lipinski definition) is 1. The highest BCUT2D eigenvalue weighted by atomic mass is 32.1. The van der Waals surface area contributed by atoms with Gasteiger partial charge in [0.05, 0.1) is 6.04 Å². The van der Waals surface area contributed by atoms with Gasteiger partial charge < -0.3 is 5.73 Å². The van der Waals surface area contributed by atoms with Crippen molar-refractivity contribution < 1.29 is 0 Å². The first-order valence-corrected chi connectivity index (χ1v) is 4.36. The van der Waals surface area contributed by atoms with Gasteiger partial charge in [-0.25, -0.2) is 0 Å². The Morgan fingerprint density at radius 1 is 1.82 bits per heavy atom. The van der Waals surface area contributed by atoms with Crippen molar-refractivity contribution in [3.8, 4) is 12.3 Å². The van der Waals surface area contributed by atoms with E-state index in [4.69, 9.17) is 12.2 Å². The Hall–Kier alpha value is -0.780. The Labute approximate surface area is 71.2 Å². The Morgan fingerprint density at radius 2 is 2.55 bits per heavy atom. The summed E-state index contributed by atoms with van der Waals surface area (Å²) in [6.45, 7) is 2.06. The molecule has 11 heavy (non-hydrogen) atoms. The lowest BCUT2D eigenvalue weighted by Gasteiger charge is -2.05. The average molecular weight is 165 g/mol. The van der Waals surface area contributed by atoms with E-state index < -0.39 is 0 Å². The molecule has 0 aliphatic rings. The molecule has 1 atom stereocenters. The van der Waals surface area contributed by atoms with Gasteiger partial charge in [-0.1, -0.05) is 0 Å². The molecule has 0 radical (unpaired) electrons. The Kier molecular flexibility index (Phi) is 2.70. The molecule has 1 heterocycles. The average Bonchev–Trinajstić information content (AvgIpc) is 2.36. The van der Waals surface area contributed by atoms with E-state index in [1.165, 1.54) is 10.4 Å². The van der Waals surface area contributed by atoms with Crippen molar-refractivity contribution in [1.29, 1.82) is 0 Å². The first-order chi connectivity index (χ1) is 5.25. The predicted molar refractivity (Wildman–Crippen MR) is 49.4 cm³/mol. The fourth-order valence-electron chi connectivity index (χ4n) is 0.984. The molecule has 0 fully saturated rings. The van der Waals surface area contributed by atoms with Gasteiger partial charge in [-0.3, -0.25) is 0 Å². The van der Waals surface area contributed by atoms with E-state index in [9.17, 15) is 0 Å². The third kappa shape index (κ3) is 1.83. The molecule has 0 saturated heterocycles. The summed E-state index contributed by atoms with van der Waals surface area (Å²) in [7, 11) is 0. The number of hydrogen-bond acceptors (Lipinski definition) is 2. The monoisotopic (exact) mass is 165 g/mol. The van der Waals surface area contributed by atoms with Gasteiger partial charge in [-0.2, -0.15) is 0 Å². The van der Waals surface area contributed by atoms with Gasteiger partial charge in [0.2, 0.25) is 0 Å². The summed E-state index contributed by atoms with van der Waals surface area (Å²) >= 11 is 1.68. The SMILES string of the molecule is C#CCC(N)c1sccc1C. The molecule has 2 heteroatoms. The van der Waals surface area contributed by atoms with Crippen LogP contribution in [0.2, 0.25) is 0 Å². The summed E-state index contributed by atoms with van der Waals surface area (Å²) in [4.78, 5) is 1.21. The summed E-state index contributed by atoms with van der Waals surface area (Å²) in [5.41, 5.74) is 7.07. The number of thiophene rings is 1. The molecule has 2 N–H and O–H groups in total. The van der Waals surface area contributed by atoms with Crippen molar-refractivity contribution in [2.24, 2.45) is 5.73 Å². The zero-order valence-electron chi connectivity index (χ0n) is 6.50. The highest BCUT2D eigenvalue weighted by Gasteiger charge is 2.07. The second kappa shape index (κ2) is 3.56. The van der Waals surface area contributed by atoms with Crippen molar-refractivity contribution in [3.63, 3.8) is 0 Å². The minimum Gasteiger partial charge on any atom is -0.322 e. The molecule has 0 aromatic carbocycles. The standard InChI is InChI=1S/C9H11NS/c1-3-4-8(10)9-7(2)5-6-11-9/h1,5-6,8H,4,10H2,2H3. The minimum atomic E-state index is 0.0278. The number of rotatable bonds is 2. The molecule has 1 aromatic rings. The summed E-state index contributed by atoms with van der Waals surface area (Å²) in [5.74, 6) is 2.56. The molecular formula is C9H11NS. The number of terminal acetylenes is 1. The lowest BCUT2D eigenvalue weighted by Crippen LogP contribution is -2.08. The van der Waals surface area contributed by atoms with E-state index in [-0.39, 0.29) is 6.04 Å². The summed E-state index contributed by atoms with van der Waals surface area (Å²) < 4.78 is 0. The summed E-state index contributed by atoms with van der Waals surface area (Å²) in [5, 5.41) is 2.04. The van der Waals surface area contributed by atoms with Crippen molar-refractivity contribution in [1.82, 2.24) is 0 Å². The first-order valence-electron chi connectivity index (χ1n) is 3.48. The Morgan fingerprint density at radius 3 is 3.00 bits per heavy atom. The third-order valence-corrected chi connectivity index (χ3v) is 2.73. The first kappa shape index (κ1) is 8.32. The van der Waals surface area contributed by atoms with Crippen LogP contribution in [0.3, 0.4) is 0 Å². The van der Waals surface area contributed by atoms with E-state index in [2.05, 4.69) is 18.9 Å². The molecule has 0 spiro atoms. The van der Waals surface area contributed by atoms with E-state index >= 15 is 0 Å². The van der Waals surface area contributed by atoms with Gasteiger partial charge in [-0.15, -0.1) is 23.7 Å². The van der Waals surface area contributed by atoms with Gasteiger partial charge in [-0.05, 0) is 23.9 Å². The van der Waals surface area contributed by atoms with Crippen LogP contribution in [0.1, 0.15) is 22.9 Å². The fraction of sp³-hybridized carbons (Fsp3) is 0.333. The van der Waals surface area contributed by atoms with Gasteiger partial charge in [0, 0.05) is 11.3 Å². The van der Waals surface area contributed by atoms with E-state index in [1.807, 2.05) is 5.38 Å². The normalized spacial score (nSPS) is 12.5. The van der Waals surface area contributed by atoms with Crippen LogP contribution in [-0.4, -0.2) is 0 Å². The maximum atomic E-state index is 5.82. The van der Waals surface area contributed by atoms with Crippen molar-refractivity contribution in [3.05, 3.63) is 21.9 Å². The fourth-order valence-corrected chi connectivity index (χ4v) is 1.91. The maximum Gasteiger partial charge on any atom is 0.0503 e. The van der Waals surface area contributed by atoms with Crippen LogP contribution >= 0.6 is 11.3 Å². The molecular weight excluding hydrogens is 154 g/mol. The van der Waals surface area contributed by atoms with Gasteiger partial charge in [0.15, 0.2) is 0 Å². The van der Waals surface area contributed by atoms with Crippen LogP contribution in [0.4, 0.5) is 0 Å². The zero-order chi connectivity index (χ0) is 8.27. The van der Waals surface area contributed by atoms with E-state index in [0.29, 0.717) is 6.42 Å². The topological polar surface area (TPSA) is 26.0 Å². The predicted octanol–water partition coefficient (Wildman–Crippen LogP) is 2.08. The van der Waals surface area contributed by atoms with E-state index in [0.717, 1.165) is 0 Å². The van der Waals surface area contributed by atoms with Gasteiger partial charge in [0.1, 0.15) is 0 Å². The Balaban J connectivity index is 2.77. The van der Waals surface area contributed by atoms with Crippen LogP contribution in [0.5, 0.6) is 0 Å². The molecule has 1 rings (SSSR count). The molecule has 1 nitrogen and oxygen atoms in total. The quantitative estimate of drug-likeness (QED) is 0.667. The van der Waals surface area contributed by atoms with Crippen LogP contribution in [0.25, 0.3) is 0 Å². The highest BCUT2D eigenvalue weighted by molar-refractivity contribution is 7.10. The van der Waals surface area contributed by atoms with Crippen LogP contribution in [0.15, 0.2) is 11.4 Å². The van der Waals surface area contributed by atoms with Gasteiger partial charge >= 0.3 is 0 Å². The number of nitrogens with two attached hydrogens (primary N) is 1. The molecule has 58 valence electrons. The molecule has 0 saturated carbocycles. The molecule has 0 aliphatic heterocycles. The Bertz CT molecular complexity index is 269. The number of aryl methyl sites for hydroxylation is 1. The summed E-state index contributed by atoms with van der Waals surface area (Å²) in [6, 6.07) is 2.09. The van der Waals surface area contributed by atoms with E-state index in [1.54, 1.807) is 11.3 Å². The third-order valence-electron chi connectivity index (χ3n) is 1.58. The van der Waals surface area contributed by atoms with Crippen molar-refractivity contribution in [2.45, 2.75) is 19.4 Å². The maximum absolute atomic E-state index is 5.82.